The topological polar surface area (TPSA) is 165 Å². The molecule has 0 unspecified atom stereocenters. The van der Waals surface area contributed by atoms with Crippen LogP contribution in [0, 0.1) is 30.9 Å². The molecule has 4 rings (SSSR count). The van der Waals surface area contributed by atoms with Crippen molar-refractivity contribution in [3.63, 3.8) is 0 Å². The second-order valence-electron chi connectivity index (χ2n) is 9.86. The molecule has 0 radical (unpaired) electrons. The number of rotatable bonds is 11. The third-order valence-electron chi connectivity index (χ3n) is 6.78. The van der Waals surface area contributed by atoms with Crippen molar-refractivity contribution in [1.82, 2.24) is 0 Å². The number of hydrogen-bond acceptors (Lipinski definition) is 8. The van der Waals surface area contributed by atoms with Crippen LogP contribution in [0.5, 0.6) is 5.75 Å². The van der Waals surface area contributed by atoms with E-state index < -0.39 is 37.4 Å². The number of carbonyl (C=O) groups excluding carboxylic acids is 1. The summed E-state index contributed by atoms with van der Waals surface area (Å²) in [5, 5.41) is 14.1. The van der Waals surface area contributed by atoms with E-state index in [1.165, 1.54) is 74.7 Å². The summed E-state index contributed by atoms with van der Waals surface area (Å²) in [4.78, 5) is 23.5. The van der Waals surface area contributed by atoms with E-state index in [1.807, 2.05) is 6.07 Å². The molecule has 12 nitrogen and oxygen atoms in total. The van der Waals surface area contributed by atoms with Crippen LogP contribution in [0.4, 0.5) is 22.7 Å². The van der Waals surface area contributed by atoms with Crippen molar-refractivity contribution in [2.24, 2.45) is 0 Å². The molecule has 0 saturated carbocycles. The molecule has 0 saturated heterocycles. The number of ether oxygens (including phenoxy) is 1. The van der Waals surface area contributed by atoms with Gasteiger partial charge in [0.15, 0.2) is 0 Å². The summed E-state index contributed by atoms with van der Waals surface area (Å²) in [5.41, 5.74) is 2.22. The molecule has 4 aromatic carbocycles. The molecule has 0 atom stereocenters. The number of nitro groups is 1. The summed E-state index contributed by atoms with van der Waals surface area (Å²) < 4.78 is 62.0. The predicted octanol–water partition coefficient (Wildman–Crippen LogP) is 5.16. The van der Waals surface area contributed by atoms with Crippen LogP contribution in [0.25, 0.3) is 0 Å². The second kappa shape index (κ2) is 12.7. The summed E-state index contributed by atoms with van der Waals surface area (Å²) in [7, 11) is -6.95. The lowest BCUT2D eigenvalue weighted by Crippen LogP contribution is -2.38. The fourth-order valence-corrected chi connectivity index (χ4v) is 7.00. The lowest BCUT2D eigenvalue weighted by molar-refractivity contribution is -0.385. The summed E-state index contributed by atoms with van der Waals surface area (Å²) in [5.74, 6) is -0.293. The van der Waals surface area contributed by atoms with Gasteiger partial charge in [0.05, 0.1) is 33.2 Å². The van der Waals surface area contributed by atoms with Crippen molar-refractivity contribution in [3.8, 4) is 5.75 Å². The number of nitro benzene ring substituents is 1. The number of aryl methyl sites for hydroxylation is 3. The number of carbonyl (C=O) groups is 1. The summed E-state index contributed by atoms with van der Waals surface area (Å²) in [6.07, 6.45) is 0. The normalized spacial score (nSPS) is 11.5. The van der Waals surface area contributed by atoms with E-state index in [4.69, 9.17) is 4.74 Å². The first kappa shape index (κ1) is 32.0. The number of hydrogen-bond donors (Lipinski definition) is 2. The molecule has 0 aliphatic rings. The molecule has 44 heavy (non-hydrogen) atoms. The van der Waals surface area contributed by atoms with E-state index in [9.17, 15) is 31.7 Å². The predicted molar refractivity (Wildman–Crippen MR) is 167 cm³/mol. The average molecular weight is 639 g/mol. The minimum atomic E-state index is -4.46. The van der Waals surface area contributed by atoms with Gasteiger partial charge in [-0.05, 0) is 86.5 Å². The van der Waals surface area contributed by atoms with Crippen molar-refractivity contribution in [2.45, 2.75) is 30.6 Å². The first-order valence-corrected chi connectivity index (χ1v) is 16.1. The van der Waals surface area contributed by atoms with Gasteiger partial charge in [0.25, 0.3) is 25.7 Å². The zero-order valence-corrected chi connectivity index (χ0v) is 25.9. The fraction of sp³-hybridized carbons (Fsp3) is 0.167. The summed E-state index contributed by atoms with van der Waals surface area (Å²) in [6.45, 7) is 4.38. The van der Waals surface area contributed by atoms with Gasteiger partial charge in [-0.15, -0.1) is 0 Å². The zero-order chi connectivity index (χ0) is 32.2. The minimum absolute atomic E-state index is 0.0402. The van der Waals surface area contributed by atoms with Gasteiger partial charge >= 0.3 is 0 Å². The van der Waals surface area contributed by atoms with Gasteiger partial charge in [-0.1, -0.05) is 24.3 Å². The smallest absolute Gasteiger partial charge is 0.273 e. The maximum atomic E-state index is 13.7. The van der Waals surface area contributed by atoms with E-state index in [1.54, 1.807) is 26.0 Å². The van der Waals surface area contributed by atoms with Gasteiger partial charge < -0.3 is 10.1 Å². The number of benzene rings is 4. The molecule has 0 aliphatic carbocycles. The van der Waals surface area contributed by atoms with Crippen LogP contribution in [0.15, 0.2) is 94.7 Å². The highest BCUT2D eigenvalue weighted by molar-refractivity contribution is 7.93. The van der Waals surface area contributed by atoms with Gasteiger partial charge in [0, 0.05) is 17.3 Å². The Morgan fingerprint density at radius 1 is 0.841 bits per heavy atom. The third kappa shape index (κ3) is 6.98. The SMILES string of the molecule is COc1ccc(N(CC(=O)Nc2ccc(S(=O)(=O)Nc3c(C)cccc3C)cc2)S(=O)(=O)c2ccc(C)c([N+](=O)[O-])c2)cc1. The average Bonchev–Trinajstić information content (AvgIpc) is 2.98. The second-order valence-corrected chi connectivity index (χ2v) is 13.4. The Morgan fingerprint density at radius 2 is 1.43 bits per heavy atom. The van der Waals surface area contributed by atoms with Crippen LogP contribution >= 0.6 is 0 Å². The highest BCUT2D eigenvalue weighted by atomic mass is 32.2. The lowest BCUT2D eigenvalue weighted by Gasteiger charge is -2.24. The van der Waals surface area contributed by atoms with Crippen molar-refractivity contribution >= 4 is 48.7 Å². The van der Waals surface area contributed by atoms with Crippen LogP contribution in [-0.2, 0) is 24.8 Å². The maximum Gasteiger partial charge on any atom is 0.273 e. The number of nitrogens with one attached hydrogen (secondary N) is 2. The molecule has 0 bridgehead atoms. The Hall–Kier alpha value is -4.95. The Balaban J connectivity index is 1.59. The molecule has 0 aromatic heterocycles. The van der Waals surface area contributed by atoms with E-state index in [0.29, 0.717) is 11.4 Å². The van der Waals surface area contributed by atoms with Crippen LogP contribution in [0.3, 0.4) is 0 Å². The van der Waals surface area contributed by atoms with Crippen LogP contribution in [-0.4, -0.2) is 41.3 Å². The summed E-state index contributed by atoms with van der Waals surface area (Å²) in [6, 6.07) is 20.2. The Labute approximate surface area is 255 Å². The monoisotopic (exact) mass is 638 g/mol. The Kier molecular flexibility index (Phi) is 9.25. The van der Waals surface area contributed by atoms with Gasteiger partial charge in [-0.25, -0.2) is 16.8 Å². The maximum absolute atomic E-state index is 13.7. The molecule has 14 heteroatoms. The van der Waals surface area contributed by atoms with E-state index in [0.717, 1.165) is 21.5 Å². The van der Waals surface area contributed by atoms with E-state index in [-0.39, 0.29) is 32.4 Å². The van der Waals surface area contributed by atoms with Crippen LogP contribution in [0.2, 0.25) is 0 Å². The standard InChI is InChI=1S/C30H30N4O8S2/c1-20-8-15-27(18-28(20)34(36)37)44(40,41)33(24-11-13-25(42-4)14-12-24)19-29(35)31-23-9-16-26(17-10-23)43(38,39)32-30-21(2)6-5-7-22(30)3/h5-18,32H,19H2,1-4H3,(H,31,35). The van der Waals surface area contributed by atoms with Crippen LogP contribution in [0.1, 0.15) is 16.7 Å². The highest BCUT2D eigenvalue weighted by Gasteiger charge is 2.29. The summed E-state index contributed by atoms with van der Waals surface area (Å²) >= 11 is 0. The first-order valence-electron chi connectivity index (χ1n) is 13.1. The Morgan fingerprint density at radius 3 is 2.00 bits per heavy atom. The molecule has 0 spiro atoms. The van der Waals surface area contributed by atoms with Crippen molar-refractivity contribution in [2.75, 3.05) is 28.0 Å². The zero-order valence-electron chi connectivity index (χ0n) is 24.3. The lowest BCUT2D eigenvalue weighted by atomic mass is 10.1. The van der Waals surface area contributed by atoms with Gasteiger partial charge in [-0.3, -0.25) is 23.9 Å². The number of amides is 1. The van der Waals surface area contributed by atoms with Gasteiger partial charge in [0.1, 0.15) is 12.3 Å². The van der Waals surface area contributed by atoms with Gasteiger partial charge in [0.2, 0.25) is 5.91 Å². The number of sulfonamides is 2. The first-order chi connectivity index (χ1) is 20.7. The van der Waals surface area contributed by atoms with E-state index in [2.05, 4.69) is 10.0 Å². The molecule has 0 aliphatic heterocycles. The fourth-order valence-electron chi connectivity index (χ4n) is 4.35. The largest absolute Gasteiger partial charge is 0.497 e. The number of nitrogens with zero attached hydrogens (tertiary/aromatic N) is 2. The van der Waals surface area contributed by atoms with Gasteiger partial charge in [-0.2, -0.15) is 0 Å². The molecule has 4 aromatic rings. The molecular weight excluding hydrogens is 608 g/mol. The van der Waals surface area contributed by atoms with Crippen molar-refractivity contribution in [1.29, 1.82) is 0 Å². The minimum Gasteiger partial charge on any atom is -0.497 e. The van der Waals surface area contributed by atoms with E-state index >= 15 is 0 Å². The molecule has 0 fully saturated rings. The van der Waals surface area contributed by atoms with Crippen molar-refractivity contribution < 1.29 is 31.3 Å². The quantitative estimate of drug-likeness (QED) is 0.168. The van der Waals surface area contributed by atoms with Crippen molar-refractivity contribution in [3.05, 3.63) is 112 Å². The molecular formula is C30H30N4O8S2. The third-order valence-corrected chi connectivity index (χ3v) is 9.91. The molecule has 0 heterocycles. The van der Waals surface area contributed by atoms with Crippen LogP contribution < -0.4 is 19.1 Å². The molecule has 1 amide bonds. The number of para-hydroxylation sites is 1. The molecule has 230 valence electrons. The Bertz CT molecular complexity index is 1910. The molecule has 2 N–H and O–H groups in total. The number of anilines is 3. The number of methoxy groups -OCH3 is 1. The highest BCUT2D eigenvalue weighted by Crippen LogP contribution is 2.29.